The van der Waals surface area contributed by atoms with E-state index in [4.69, 9.17) is 5.11 Å². The van der Waals surface area contributed by atoms with Gasteiger partial charge in [-0.1, -0.05) is 13.8 Å². The van der Waals surface area contributed by atoms with Crippen LogP contribution in [0.4, 0.5) is 4.39 Å². The summed E-state index contributed by atoms with van der Waals surface area (Å²) in [6.07, 6.45) is 1.84. The molecule has 0 saturated heterocycles. The van der Waals surface area contributed by atoms with Crippen molar-refractivity contribution in [2.75, 3.05) is 6.54 Å². The van der Waals surface area contributed by atoms with Gasteiger partial charge in [0.2, 0.25) is 5.91 Å². The van der Waals surface area contributed by atoms with Crippen molar-refractivity contribution < 1.29 is 23.9 Å². The minimum atomic E-state index is -1.12. The molecule has 0 saturated carbocycles. The van der Waals surface area contributed by atoms with Crippen LogP contribution in [-0.2, 0) is 9.59 Å². The zero-order valence-electron chi connectivity index (χ0n) is 15.9. The van der Waals surface area contributed by atoms with Crippen LogP contribution in [0.2, 0.25) is 0 Å². The first-order valence-corrected chi connectivity index (χ1v) is 8.80. The van der Waals surface area contributed by atoms with E-state index in [1.54, 1.807) is 19.2 Å². The van der Waals surface area contributed by atoms with Crippen molar-refractivity contribution in [3.05, 3.63) is 47.5 Å². The minimum Gasteiger partial charge on any atom is -0.480 e. The van der Waals surface area contributed by atoms with Crippen molar-refractivity contribution >= 4 is 17.8 Å². The van der Waals surface area contributed by atoms with Crippen LogP contribution >= 0.6 is 0 Å². The molecule has 1 heterocycles. The van der Waals surface area contributed by atoms with Crippen molar-refractivity contribution in [1.82, 2.24) is 20.4 Å². The van der Waals surface area contributed by atoms with Crippen molar-refractivity contribution in [3.63, 3.8) is 0 Å². The molecule has 0 radical (unpaired) electrons. The predicted molar refractivity (Wildman–Crippen MR) is 99.6 cm³/mol. The van der Waals surface area contributed by atoms with Crippen molar-refractivity contribution in [3.8, 4) is 5.69 Å². The molecule has 1 atom stereocenters. The lowest BCUT2D eigenvalue weighted by molar-refractivity contribution is -0.142. The van der Waals surface area contributed by atoms with Crippen LogP contribution in [0.1, 0.15) is 36.3 Å². The number of nitrogens with zero attached hydrogens (tertiary/aromatic N) is 2. The van der Waals surface area contributed by atoms with Gasteiger partial charge in [0, 0.05) is 6.20 Å². The number of carboxylic acids is 1. The number of nitrogens with one attached hydrogen (secondary N) is 2. The fourth-order valence-electron chi connectivity index (χ4n) is 2.64. The highest BCUT2D eigenvalue weighted by Crippen LogP contribution is 2.15. The van der Waals surface area contributed by atoms with E-state index >= 15 is 0 Å². The van der Waals surface area contributed by atoms with Gasteiger partial charge in [0.05, 0.1) is 12.2 Å². The van der Waals surface area contributed by atoms with E-state index in [2.05, 4.69) is 15.7 Å². The lowest BCUT2D eigenvalue weighted by Crippen LogP contribution is -2.46. The van der Waals surface area contributed by atoms with E-state index in [0.717, 1.165) is 0 Å². The molecule has 2 aromatic rings. The van der Waals surface area contributed by atoms with E-state index in [1.165, 1.54) is 22.9 Å². The molecule has 8 nitrogen and oxygen atoms in total. The Bertz CT molecular complexity index is 879. The molecule has 0 aliphatic rings. The summed E-state index contributed by atoms with van der Waals surface area (Å²) in [5.41, 5.74) is 1.35. The number of halogens is 1. The highest BCUT2D eigenvalue weighted by atomic mass is 19.1. The first-order chi connectivity index (χ1) is 13.2. The molecule has 3 N–H and O–H groups in total. The molecule has 0 unspecified atom stereocenters. The maximum atomic E-state index is 13.2. The van der Waals surface area contributed by atoms with Gasteiger partial charge in [-0.05, 0) is 49.1 Å². The Balaban J connectivity index is 1.95. The van der Waals surface area contributed by atoms with Gasteiger partial charge < -0.3 is 15.7 Å². The maximum Gasteiger partial charge on any atom is 0.326 e. The molecule has 1 aromatic carbocycles. The van der Waals surface area contributed by atoms with Gasteiger partial charge in [0.1, 0.15) is 11.9 Å². The molecule has 0 bridgehead atoms. The summed E-state index contributed by atoms with van der Waals surface area (Å²) >= 11 is 0. The first kappa shape index (κ1) is 21.1. The van der Waals surface area contributed by atoms with Gasteiger partial charge in [-0.25, -0.2) is 13.9 Å². The van der Waals surface area contributed by atoms with Crippen molar-refractivity contribution in [1.29, 1.82) is 0 Å². The number of hydrogen-bond donors (Lipinski definition) is 3. The van der Waals surface area contributed by atoms with Crippen molar-refractivity contribution in [2.45, 2.75) is 33.2 Å². The first-order valence-electron chi connectivity index (χ1n) is 8.80. The topological polar surface area (TPSA) is 113 Å². The van der Waals surface area contributed by atoms with Gasteiger partial charge in [-0.3, -0.25) is 9.59 Å². The zero-order chi connectivity index (χ0) is 20.8. The standard InChI is InChI=1S/C19H23FN4O4/c1-11(2)8-15(19(27)28)22-17(25)10-21-18(26)14-6-7-24(23-14)16-5-4-13(20)9-12(16)3/h4-7,9,11,15H,8,10H2,1-3H3,(H,21,26)(H,22,25)(H,27,28)/t15-/m0/s1. The SMILES string of the molecule is Cc1cc(F)ccc1-n1ccc(C(=O)NCC(=O)N[C@@H](CC(C)C)C(=O)O)n1. The minimum absolute atomic E-state index is 0.0773. The Kier molecular flexibility index (Phi) is 6.86. The Hall–Kier alpha value is -3.23. The van der Waals surface area contributed by atoms with Crippen LogP contribution in [-0.4, -0.2) is 45.3 Å². The van der Waals surface area contributed by atoms with Gasteiger partial charge in [-0.15, -0.1) is 0 Å². The quantitative estimate of drug-likeness (QED) is 0.634. The highest BCUT2D eigenvalue weighted by Gasteiger charge is 2.21. The van der Waals surface area contributed by atoms with Crippen LogP contribution in [0, 0.1) is 18.7 Å². The lowest BCUT2D eigenvalue weighted by Gasteiger charge is -2.16. The maximum absolute atomic E-state index is 13.2. The second kappa shape index (κ2) is 9.12. The Morgan fingerprint density at radius 2 is 1.96 bits per heavy atom. The number of carboxylic acid groups (broad SMARTS) is 1. The average molecular weight is 390 g/mol. The third-order valence-electron chi connectivity index (χ3n) is 3.98. The van der Waals surface area contributed by atoms with E-state index in [-0.39, 0.29) is 30.4 Å². The fraction of sp³-hybridized carbons (Fsp3) is 0.368. The van der Waals surface area contributed by atoms with Crippen LogP contribution in [0.3, 0.4) is 0 Å². The summed E-state index contributed by atoms with van der Waals surface area (Å²) in [5, 5.41) is 18.1. The number of hydrogen-bond acceptors (Lipinski definition) is 4. The molecule has 2 amide bonds. The summed E-state index contributed by atoms with van der Waals surface area (Å²) in [7, 11) is 0. The van der Waals surface area contributed by atoms with Crippen LogP contribution in [0.15, 0.2) is 30.5 Å². The molecular formula is C19H23FN4O4. The summed E-state index contributed by atoms with van der Waals surface area (Å²) in [4.78, 5) is 35.3. The lowest BCUT2D eigenvalue weighted by atomic mass is 10.0. The zero-order valence-corrected chi connectivity index (χ0v) is 15.9. The molecule has 2 rings (SSSR count). The molecule has 0 aliphatic heterocycles. The van der Waals surface area contributed by atoms with Crippen molar-refractivity contribution in [2.24, 2.45) is 5.92 Å². The van der Waals surface area contributed by atoms with E-state index in [1.807, 2.05) is 13.8 Å². The number of aliphatic carboxylic acids is 1. The van der Waals surface area contributed by atoms with Gasteiger partial charge in [0.15, 0.2) is 5.69 Å². The number of aromatic nitrogens is 2. The monoisotopic (exact) mass is 390 g/mol. The number of benzene rings is 1. The number of carbonyl (C=O) groups excluding carboxylic acids is 2. The van der Waals surface area contributed by atoms with Gasteiger partial charge in [-0.2, -0.15) is 5.10 Å². The summed E-state index contributed by atoms with van der Waals surface area (Å²) < 4.78 is 14.7. The molecule has 150 valence electrons. The Morgan fingerprint density at radius 3 is 2.57 bits per heavy atom. The predicted octanol–water partition coefficient (Wildman–Crippen LogP) is 1.67. The summed E-state index contributed by atoms with van der Waals surface area (Å²) in [6.45, 7) is 5.05. The summed E-state index contributed by atoms with van der Waals surface area (Å²) in [5.74, 6) is -2.58. The average Bonchev–Trinajstić information content (AvgIpc) is 3.08. The molecule has 28 heavy (non-hydrogen) atoms. The smallest absolute Gasteiger partial charge is 0.326 e. The molecule has 0 fully saturated rings. The number of amides is 2. The normalized spacial score (nSPS) is 11.9. The number of aryl methyl sites for hydroxylation is 1. The fourth-order valence-corrected chi connectivity index (χ4v) is 2.64. The number of rotatable bonds is 8. The van der Waals surface area contributed by atoms with E-state index in [9.17, 15) is 18.8 Å². The molecule has 0 spiro atoms. The second-order valence-corrected chi connectivity index (χ2v) is 6.85. The molecule has 0 aliphatic carbocycles. The molecule has 1 aromatic heterocycles. The van der Waals surface area contributed by atoms with Gasteiger partial charge in [0.25, 0.3) is 5.91 Å². The molecule has 9 heteroatoms. The van der Waals surface area contributed by atoms with E-state index in [0.29, 0.717) is 11.3 Å². The summed E-state index contributed by atoms with van der Waals surface area (Å²) in [6, 6.07) is 4.66. The third-order valence-corrected chi connectivity index (χ3v) is 3.98. The Labute approximate surface area is 161 Å². The highest BCUT2D eigenvalue weighted by molar-refractivity contribution is 5.95. The van der Waals surface area contributed by atoms with E-state index < -0.39 is 23.8 Å². The third kappa shape index (κ3) is 5.63. The second-order valence-electron chi connectivity index (χ2n) is 6.85. The van der Waals surface area contributed by atoms with Crippen LogP contribution in [0.5, 0.6) is 0 Å². The van der Waals surface area contributed by atoms with Gasteiger partial charge >= 0.3 is 5.97 Å². The molecular weight excluding hydrogens is 367 g/mol. The van der Waals surface area contributed by atoms with Crippen LogP contribution in [0.25, 0.3) is 5.69 Å². The van der Waals surface area contributed by atoms with Crippen LogP contribution < -0.4 is 10.6 Å². The Morgan fingerprint density at radius 1 is 1.25 bits per heavy atom. The largest absolute Gasteiger partial charge is 0.480 e. The number of carbonyl (C=O) groups is 3.